The summed E-state index contributed by atoms with van der Waals surface area (Å²) in [6.45, 7) is 4.96. The van der Waals surface area contributed by atoms with Gasteiger partial charge in [-0.3, -0.25) is 20.2 Å². The Bertz CT molecular complexity index is 521. The van der Waals surface area contributed by atoms with Gasteiger partial charge in [0.25, 0.3) is 0 Å². The Balaban J connectivity index is 2.45. The van der Waals surface area contributed by atoms with Crippen LogP contribution in [-0.4, -0.2) is 28.2 Å². The maximum Gasteiger partial charge on any atom is 0.328 e. The van der Waals surface area contributed by atoms with E-state index in [0.717, 1.165) is 0 Å². The summed E-state index contributed by atoms with van der Waals surface area (Å²) in [5.74, 6) is -1.44. The van der Waals surface area contributed by atoms with Crippen LogP contribution in [0.3, 0.4) is 0 Å². The summed E-state index contributed by atoms with van der Waals surface area (Å²) >= 11 is 0. The topological polar surface area (TPSA) is 122 Å². The predicted molar refractivity (Wildman–Crippen MR) is 69.1 cm³/mol. The summed E-state index contributed by atoms with van der Waals surface area (Å²) in [5, 5.41) is 16.7. The minimum Gasteiger partial charge on any atom is -0.481 e. The summed E-state index contributed by atoms with van der Waals surface area (Å²) in [5.41, 5.74) is -0.145. The maximum atomic E-state index is 11.6. The van der Waals surface area contributed by atoms with E-state index in [0.29, 0.717) is 5.69 Å². The van der Waals surface area contributed by atoms with E-state index in [9.17, 15) is 14.4 Å². The molecule has 0 bridgehead atoms. The van der Waals surface area contributed by atoms with Crippen LogP contribution in [0.4, 0.5) is 10.7 Å². The van der Waals surface area contributed by atoms with Gasteiger partial charge in [0, 0.05) is 12.5 Å². The number of hydrogen-bond acceptors (Lipinski definition) is 5. The van der Waals surface area contributed by atoms with Crippen LogP contribution in [-0.2, 0) is 9.59 Å². The maximum absolute atomic E-state index is 11.6. The fourth-order valence-electron chi connectivity index (χ4n) is 1.64. The van der Waals surface area contributed by atoms with Crippen molar-refractivity contribution >= 4 is 23.8 Å². The van der Waals surface area contributed by atoms with E-state index in [1.54, 1.807) is 20.8 Å². The van der Waals surface area contributed by atoms with E-state index in [4.69, 9.17) is 9.63 Å². The van der Waals surface area contributed by atoms with E-state index in [1.165, 1.54) is 6.07 Å². The number of nitrogens with one attached hydrogen (secondary N) is 2. The molecule has 3 N–H and O–H groups in total. The smallest absolute Gasteiger partial charge is 0.328 e. The molecule has 0 aromatic carbocycles. The number of amides is 3. The van der Waals surface area contributed by atoms with Crippen molar-refractivity contribution in [2.45, 2.75) is 33.6 Å². The minimum atomic E-state index is -0.996. The molecule has 3 amide bonds. The van der Waals surface area contributed by atoms with Crippen molar-refractivity contribution in [2.75, 3.05) is 5.32 Å². The molecule has 20 heavy (non-hydrogen) atoms. The van der Waals surface area contributed by atoms with Crippen molar-refractivity contribution in [3.05, 3.63) is 11.8 Å². The zero-order valence-corrected chi connectivity index (χ0v) is 11.5. The van der Waals surface area contributed by atoms with E-state index >= 15 is 0 Å². The monoisotopic (exact) mass is 283 g/mol. The van der Waals surface area contributed by atoms with Gasteiger partial charge in [-0.1, -0.05) is 19.0 Å². The molecule has 8 nitrogen and oxygen atoms in total. The van der Waals surface area contributed by atoms with Gasteiger partial charge in [0.2, 0.25) is 11.8 Å². The lowest BCUT2D eigenvalue weighted by atomic mass is 9.85. The zero-order valence-electron chi connectivity index (χ0n) is 11.5. The molecule has 1 aromatic rings. The number of carbonyl (C=O) groups is 3. The second-order valence-corrected chi connectivity index (χ2v) is 5.25. The number of anilines is 1. The van der Waals surface area contributed by atoms with Crippen LogP contribution in [0.5, 0.6) is 0 Å². The number of carboxylic acid groups (broad SMARTS) is 1. The molecule has 0 aliphatic carbocycles. The number of carboxylic acids is 1. The van der Waals surface area contributed by atoms with Gasteiger partial charge in [-0.15, -0.1) is 0 Å². The molecule has 0 saturated carbocycles. The number of nitrogens with zero attached hydrogens (tertiary/aromatic N) is 1. The lowest BCUT2D eigenvalue weighted by Gasteiger charge is -2.20. The van der Waals surface area contributed by atoms with Gasteiger partial charge in [-0.2, -0.15) is 0 Å². The second-order valence-electron chi connectivity index (χ2n) is 5.25. The highest BCUT2D eigenvalue weighted by Crippen LogP contribution is 2.24. The van der Waals surface area contributed by atoms with Crippen molar-refractivity contribution in [3.63, 3.8) is 0 Å². The third-order valence-corrected chi connectivity index (χ3v) is 2.39. The summed E-state index contributed by atoms with van der Waals surface area (Å²) < 4.78 is 4.76. The van der Waals surface area contributed by atoms with Gasteiger partial charge >= 0.3 is 12.0 Å². The van der Waals surface area contributed by atoms with Crippen molar-refractivity contribution in [1.29, 1.82) is 0 Å². The fraction of sp³-hybridized carbons (Fsp3) is 0.500. The molecule has 0 aliphatic rings. The normalized spacial score (nSPS) is 10.9. The average Bonchev–Trinajstić information content (AvgIpc) is 2.59. The van der Waals surface area contributed by atoms with E-state index in [2.05, 4.69) is 15.8 Å². The third kappa shape index (κ3) is 5.51. The highest BCUT2D eigenvalue weighted by Gasteiger charge is 2.26. The molecule has 0 atom stereocenters. The Morgan fingerprint density at radius 1 is 1.35 bits per heavy atom. The largest absolute Gasteiger partial charge is 0.481 e. The molecule has 8 heteroatoms. The number of carbonyl (C=O) groups excluding carboxylic acids is 2. The van der Waals surface area contributed by atoms with Crippen LogP contribution in [0.1, 0.15) is 32.4 Å². The number of aliphatic carboxylic acids is 1. The Hall–Kier alpha value is -2.38. The SMILES string of the molecule is Cc1cc(NC(=O)NC(=O)CC(C)(C)CC(=O)O)on1. The Morgan fingerprint density at radius 3 is 2.50 bits per heavy atom. The van der Waals surface area contributed by atoms with Crippen molar-refractivity contribution in [2.24, 2.45) is 5.41 Å². The van der Waals surface area contributed by atoms with Crippen LogP contribution in [0.2, 0.25) is 0 Å². The van der Waals surface area contributed by atoms with Crippen LogP contribution < -0.4 is 10.6 Å². The summed E-state index contributed by atoms with van der Waals surface area (Å²) in [6.07, 6.45) is -0.245. The molecule has 0 spiro atoms. The standard InChI is InChI=1S/C12H17N3O5/c1-7-4-9(20-15-7)14-11(19)13-8(16)5-12(2,3)6-10(17)18/h4H,5-6H2,1-3H3,(H,17,18)(H2,13,14,16,19). The first-order chi connectivity index (χ1) is 9.18. The number of imide groups is 1. The fourth-order valence-corrected chi connectivity index (χ4v) is 1.64. The first-order valence-corrected chi connectivity index (χ1v) is 5.94. The molecule has 1 rings (SSSR count). The van der Waals surface area contributed by atoms with Crippen LogP contribution >= 0.6 is 0 Å². The van der Waals surface area contributed by atoms with Gasteiger partial charge in [0.05, 0.1) is 12.1 Å². The lowest BCUT2D eigenvalue weighted by Crippen LogP contribution is -2.37. The molecule has 0 saturated heterocycles. The second kappa shape index (κ2) is 6.18. The number of hydrogen-bond donors (Lipinski definition) is 3. The molecule has 0 aliphatic heterocycles. The molecular weight excluding hydrogens is 266 g/mol. The highest BCUT2D eigenvalue weighted by atomic mass is 16.5. The lowest BCUT2D eigenvalue weighted by molar-refractivity contribution is -0.139. The molecule has 0 radical (unpaired) electrons. The Kier molecular flexibility index (Phi) is 4.84. The van der Waals surface area contributed by atoms with Gasteiger partial charge in [0.15, 0.2) is 0 Å². The van der Waals surface area contributed by atoms with Crippen LogP contribution in [0, 0.1) is 12.3 Å². The average molecular weight is 283 g/mol. The Morgan fingerprint density at radius 2 is 2.00 bits per heavy atom. The van der Waals surface area contributed by atoms with Gasteiger partial charge in [0.1, 0.15) is 0 Å². The first-order valence-electron chi connectivity index (χ1n) is 5.94. The van der Waals surface area contributed by atoms with E-state index < -0.39 is 23.3 Å². The van der Waals surface area contributed by atoms with Gasteiger partial charge in [-0.05, 0) is 12.3 Å². The van der Waals surface area contributed by atoms with E-state index in [1.807, 2.05) is 0 Å². The van der Waals surface area contributed by atoms with Gasteiger partial charge < -0.3 is 9.63 Å². The first kappa shape index (κ1) is 15.7. The van der Waals surface area contributed by atoms with Crippen molar-refractivity contribution in [1.82, 2.24) is 10.5 Å². The van der Waals surface area contributed by atoms with Crippen LogP contribution in [0.25, 0.3) is 0 Å². The summed E-state index contributed by atoms with van der Waals surface area (Å²) in [7, 11) is 0. The molecule has 1 heterocycles. The van der Waals surface area contributed by atoms with Crippen molar-refractivity contribution in [3.8, 4) is 0 Å². The predicted octanol–water partition coefficient (Wildman–Crippen LogP) is 1.52. The molecule has 1 aromatic heterocycles. The molecular formula is C12H17N3O5. The summed E-state index contributed by atoms with van der Waals surface area (Å²) in [6, 6.07) is 0.746. The molecule has 110 valence electrons. The van der Waals surface area contributed by atoms with Crippen LogP contribution in [0.15, 0.2) is 10.6 Å². The molecule has 0 unspecified atom stereocenters. The quantitative estimate of drug-likeness (QED) is 0.753. The minimum absolute atomic E-state index is 0.0812. The number of urea groups is 1. The highest BCUT2D eigenvalue weighted by molar-refractivity contribution is 6.00. The Labute approximate surface area is 115 Å². The number of aryl methyl sites for hydroxylation is 1. The van der Waals surface area contributed by atoms with Gasteiger partial charge in [-0.25, -0.2) is 4.79 Å². The third-order valence-electron chi connectivity index (χ3n) is 2.39. The van der Waals surface area contributed by atoms with Crippen molar-refractivity contribution < 1.29 is 24.0 Å². The number of aromatic nitrogens is 1. The summed E-state index contributed by atoms with van der Waals surface area (Å²) in [4.78, 5) is 33.8. The molecule has 0 fully saturated rings. The number of rotatable bonds is 5. The van der Waals surface area contributed by atoms with E-state index in [-0.39, 0.29) is 18.7 Å². The zero-order chi connectivity index (χ0) is 15.3.